The van der Waals surface area contributed by atoms with Gasteiger partial charge in [-0.2, -0.15) is 0 Å². The summed E-state index contributed by atoms with van der Waals surface area (Å²) >= 11 is 0. The maximum absolute atomic E-state index is 5.66. The van der Waals surface area contributed by atoms with Crippen LogP contribution in [-0.2, 0) is 4.43 Å². The summed E-state index contributed by atoms with van der Waals surface area (Å²) in [5.74, 6) is 0. The van der Waals surface area contributed by atoms with Crippen molar-refractivity contribution in [2.24, 2.45) is 0 Å². The summed E-state index contributed by atoms with van der Waals surface area (Å²) < 4.78 is 5.66. The Morgan fingerprint density at radius 3 is 2.36 bits per heavy atom. The smallest absolute Gasteiger partial charge is 0.203 e. The van der Waals surface area contributed by atoms with Crippen LogP contribution in [0.3, 0.4) is 0 Å². The lowest BCUT2D eigenvalue weighted by atomic mass is 10.5. The molecule has 1 nitrogen and oxygen atoms in total. The van der Waals surface area contributed by atoms with Gasteiger partial charge in [-0.1, -0.05) is 32.5 Å². The first-order chi connectivity index (χ1) is 5.22. The molecule has 0 aliphatic carbocycles. The zero-order chi connectivity index (χ0) is 8.69. The van der Waals surface area contributed by atoms with Crippen LogP contribution in [0.2, 0.25) is 5.54 Å². The van der Waals surface area contributed by atoms with Gasteiger partial charge in [-0.05, 0) is 18.9 Å². The Balaban J connectivity index is 3.78. The molecule has 0 saturated carbocycles. The Labute approximate surface area is 72.2 Å². The molecular formula is C9H20OSi. The van der Waals surface area contributed by atoms with Crippen LogP contribution in [-0.4, -0.2) is 15.6 Å². The maximum atomic E-state index is 5.66. The van der Waals surface area contributed by atoms with Gasteiger partial charge < -0.3 is 4.43 Å². The van der Waals surface area contributed by atoms with Crippen molar-refractivity contribution in [3.63, 3.8) is 0 Å². The second-order valence-electron chi connectivity index (χ2n) is 3.00. The first-order valence-corrected chi connectivity index (χ1v) is 6.31. The number of rotatable bonds is 5. The molecule has 0 saturated heterocycles. The summed E-state index contributed by atoms with van der Waals surface area (Å²) in [5, 5.41) is 0. The highest BCUT2D eigenvalue weighted by Crippen LogP contribution is 2.09. The highest BCUT2D eigenvalue weighted by molar-refractivity contribution is 6.59. The van der Waals surface area contributed by atoms with Gasteiger partial charge >= 0.3 is 0 Å². The van der Waals surface area contributed by atoms with E-state index in [1.54, 1.807) is 0 Å². The maximum Gasteiger partial charge on any atom is 0.203 e. The lowest BCUT2D eigenvalue weighted by molar-refractivity contribution is 0.343. The number of allylic oxidation sites excluding steroid dienone is 1. The fourth-order valence-electron chi connectivity index (χ4n) is 0.933. The Hall–Kier alpha value is -0.0831. The molecule has 0 aliphatic heterocycles. The van der Waals surface area contributed by atoms with E-state index in [2.05, 4.69) is 39.5 Å². The van der Waals surface area contributed by atoms with Gasteiger partial charge in [-0.15, -0.1) is 0 Å². The topological polar surface area (TPSA) is 9.23 Å². The van der Waals surface area contributed by atoms with Crippen LogP contribution in [0.4, 0.5) is 0 Å². The van der Waals surface area contributed by atoms with E-state index in [9.17, 15) is 0 Å². The molecule has 66 valence electrons. The molecule has 1 atom stereocenters. The van der Waals surface area contributed by atoms with Crippen molar-refractivity contribution in [3.8, 4) is 0 Å². The summed E-state index contributed by atoms with van der Waals surface area (Å²) in [6.07, 6.45) is 3.36. The molecule has 0 rings (SSSR count). The SMILES string of the molecule is CCC=C[SiH](OCC)C(C)C. The normalized spacial score (nSPS) is 14.6. The van der Waals surface area contributed by atoms with Gasteiger partial charge in [0.25, 0.3) is 0 Å². The summed E-state index contributed by atoms with van der Waals surface area (Å²) in [5.41, 5.74) is 3.02. The quantitative estimate of drug-likeness (QED) is 0.579. The second kappa shape index (κ2) is 6.62. The molecule has 0 spiro atoms. The van der Waals surface area contributed by atoms with E-state index in [-0.39, 0.29) is 0 Å². The zero-order valence-electron chi connectivity index (χ0n) is 8.13. The van der Waals surface area contributed by atoms with E-state index in [0.29, 0.717) is 0 Å². The number of hydrogen-bond acceptors (Lipinski definition) is 1. The van der Waals surface area contributed by atoms with E-state index < -0.39 is 9.04 Å². The zero-order valence-corrected chi connectivity index (χ0v) is 9.29. The predicted octanol–water partition coefficient (Wildman–Crippen LogP) is 2.66. The van der Waals surface area contributed by atoms with Gasteiger partial charge in [-0.25, -0.2) is 0 Å². The second-order valence-corrected chi connectivity index (χ2v) is 5.98. The molecule has 0 amide bonds. The average Bonchev–Trinajstić information content (AvgIpc) is 1.97. The van der Waals surface area contributed by atoms with E-state index in [0.717, 1.165) is 18.6 Å². The van der Waals surface area contributed by atoms with Gasteiger partial charge in [0.2, 0.25) is 9.04 Å². The van der Waals surface area contributed by atoms with Gasteiger partial charge in [0.05, 0.1) is 0 Å². The van der Waals surface area contributed by atoms with Crippen LogP contribution in [0, 0.1) is 0 Å². The van der Waals surface area contributed by atoms with Crippen LogP contribution in [0.5, 0.6) is 0 Å². The summed E-state index contributed by atoms with van der Waals surface area (Å²) in [4.78, 5) is 0. The monoisotopic (exact) mass is 172 g/mol. The first-order valence-electron chi connectivity index (χ1n) is 4.50. The Morgan fingerprint density at radius 2 is 2.00 bits per heavy atom. The predicted molar refractivity (Wildman–Crippen MR) is 53.3 cm³/mol. The van der Waals surface area contributed by atoms with Crippen molar-refractivity contribution >= 4 is 9.04 Å². The molecule has 0 bridgehead atoms. The van der Waals surface area contributed by atoms with Crippen LogP contribution in [0.15, 0.2) is 11.8 Å². The van der Waals surface area contributed by atoms with E-state index >= 15 is 0 Å². The largest absolute Gasteiger partial charge is 0.416 e. The van der Waals surface area contributed by atoms with Crippen LogP contribution in [0.25, 0.3) is 0 Å². The highest BCUT2D eigenvalue weighted by Gasteiger charge is 2.10. The average molecular weight is 172 g/mol. The summed E-state index contributed by atoms with van der Waals surface area (Å²) in [6, 6.07) is 0. The van der Waals surface area contributed by atoms with Crippen molar-refractivity contribution < 1.29 is 4.43 Å². The third-order valence-electron chi connectivity index (χ3n) is 1.58. The first kappa shape index (κ1) is 10.9. The molecule has 0 heterocycles. The summed E-state index contributed by atoms with van der Waals surface area (Å²) in [6.45, 7) is 9.58. The molecule has 0 aromatic heterocycles. The van der Waals surface area contributed by atoms with Crippen molar-refractivity contribution in [3.05, 3.63) is 11.8 Å². The van der Waals surface area contributed by atoms with Crippen molar-refractivity contribution in [2.75, 3.05) is 6.61 Å². The van der Waals surface area contributed by atoms with Crippen LogP contribution >= 0.6 is 0 Å². The minimum atomic E-state index is -1.01. The van der Waals surface area contributed by atoms with Crippen LogP contribution < -0.4 is 0 Å². The molecule has 0 fully saturated rings. The van der Waals surface area contributed by atoms with E-state index in [4.69, 9.17) is 4.43 Å². The third-order valence-corrected chi connectivity index (χ3v) is 4.26. The molecule has 11 heavy (non-hydrogen) atoms. The molecule has 0 aliphatic rings. The van der Waals surface area contributed by atoms with Crippen molar-refractivity contribution in [2.45, 2.75) is 39.7 Å². The number of hydrogen-bond donors (Lipinski definition) is 0. The Bertz CT molecular complexity index is 110. The van der Waals surface area contributed by atoms with E-state index in [1.165, 1.54) is 0 Å². The lowest BCUT2D eigenvalue weighted by Crippen LogP contribution is -2.19. The van der Waals surface area contributed by atoms with Crippen LogP contribution in [0.1, 0.15) is 34.1 Å². The fraction of sp³-hybridized carbons (Fsp3) is 0.778. The minimum Gasteiger partial charge on any atom is -0.416 e. The highest BCUT2D eigenvalue weighted by atomic mass is 28.3. The molecule has 1 unspecified atom stereocenters. The molecule has 0 N–H and O–H groups in total. The van der Waals surface area contributed by atoms with Crippen molar-refractivity contribution in [1.29, 1.82) is 0 Å². The molecule has 0 aromatic rings. The van der Waals surface area contributed by atoms with Gasteiger partial charge in [0, 0.05) is 6.61 Å². The minimum absolute atomic E-state index is 0.720. The standard InChI is InChI=1S/C9H20OSi/c1-5-7-8-11(9(3)4)10-6-2/h7-9,11H,5-6H2,1-4H3. The summed E-state index contributed by atoms with van der Waals surface area (Å²) in [7, 11) is -1.01. The van der Waals surface area contributed by atoms with Gasteiger partial charge in [0.1, 0.15) is 0 Å². The van der Waals surface area contributed by atoms with Gasteiger partial charge in [0.15, 0.2) is 0 Å². The van der Waals surface area contributed by atoms with Crippen molar-refractivity contribution in [1.82, 2.24) is 0 Å². The third kappa shape index (κ3) is 5.22. The van der Waals surface area contributed by atoms with Gasteiger partial charge in [-0.3, -0.25) is 0 Å². The van der Waals surface area contributed by atoms with E-state index in [1.807, 2.05) is 0 Å². The Kier molecular flexibility index (Phi) is 6.57. The Morgan fingerprint density at radius 1 is 1.36 bits per heavy atom. The fourth-order valence-corrected chi connectivity index (χ4v) is 2.80. The molecule has 0 radical (unpaired) electrons. The lowest BCUT2D eigenvalue weighted by Gasteiger charge is -2.14. The molecule has 2 heteroatoms. The molecular weight excluding hydrogens is 152 g/mol. The molecule has 0 aromatic carbocycles.